The summed E-state index contributed by atoms with van der Waals surface area (Å²) in [6.45, 7) is 2.17. The average molecular weight is 309 g/mol. The standard InChI is InChI=1S/C8H9ClN4O3S2/c1-2-16-8-10-7(11-12-8)13-18(14,15)6-4-3-5(9)17-6/h3-4H,2H2,1H3,(H2,10,11,12,13). The molecule has 0 amide bonds. The van der Waals surface area contributed by atoms with Gasteiger partial charge in [0, 0.05) is 0 Å². The highest BCUT2D eigenvalue weighted by molar-refractivity contribution is 7.94. The Morgan fingerprint density at radius 2 is 2.33 bits per heavy atom. The molecule has 0 radical (unpaired) electrons. The maximum Gasteiger partial charge on any atom is 0.337 e. The third-order valence-corrected chi connectivity index (χ3v) is 4.84. The highest BCUT2D eigenvalue weighted by atomic mass is 35.5. The second-order valence-corrected chi connectivity index (χ2v) is 6.69. The highest BCUT2D eigenvalue weighted by Gasteiger charge is 2.18. The molecule has 18 heavy (non-hydrogen) atoms. The zero-order chi connectivity index (χ0) is 13.2. The van der Waals surface area contributed by atoms with E-state index in [0.717, 1.165) is 11.3 Å². The largest absolute Gasteiger partial charge is 0.463 e. The molecule has 0 bridgehead atoms. The molecular weight excluding hydrogens is 300 g/mol. The summed E-state index contributed by atoms with van der Waals surface area (Å²) >= 11 is 6.64. The van der Waals surface area contributed by atoms with E-state index in [9.17, 15) is 8.42 Å². The minimum absolute atomic E-state index is 0.0111. The van der Waals surface area contributed by atoms with Crippen LogP contribution >= 0.6 is 22.9 Å². The summed E-state index contributed by atoms with van der Waals surface area (Å²) in [5.41, 5.74) is 0. The summed E-state index contributed by atoms with van der Waals surface area (Å²) in [5.74, 6) is -0.0111. The number of anilines is 1. The zero-order valence-corrected chi connectivity index (χ0v) is 11.6. The van der Waals surface area contributed by atoms with Gasteiger partial charge in [0.25, 0.3) is 10.0 Å². The fourth-order valence-corrected chi connectivity index (χ4v) is 3.55. The molecule has 0 fully saturated rings. The molecule has 0 spiro atoms. The molecule has 2 rings (SSSR count). The number of H-pyrrole nitrogens is 1. The van der Waals surface area contributed by atoms with Gasteiger partial charge in [-0.1, -0.05) is 11.6 Å². The molecule has 0 unspecified atom stereocenters. The van der Waals surface area contributed by atoms with E-state index >= 15 is 0 Å². The van der Waals surface area contributed by atoms with Crippen LogP contribution in [0.1, 0.15) is 6.92 Å². The zero-order valence-electron chi connectivity index (χ0n) is 9.18. The number of hydrogen-bond acceptors (Lipinski definition) is 6. The van der Waals surface area contributed by atoms with E-state index in [0.29, 0.717) is 10.9 Å². The van der Waals surface area contributed by atoms with E-state index in [1.54, 1.807) is 6.92 Å². The third-order valence-electron chi connectivity index (χ3n) is 1.78. The van der Waals surface area contributed by atoms with E-state index in [-0.39, 0.29) is 16.2 Å². The van der Waals surface area contributed by atoms with Crippen molar-refractivity contribution in [3.05, 3.63) is 16.5 Å². The van der Waals surface area contributed by atoms with Crippen LogP contribution in [0.5, 0.6) is 6.01 Å². The van der Waals surface area contributed by atoms with E-state index < -0.39 is 10.0 Å². The van der Waals surface area contributed by atoms with Gasteiger partial charge in [0.15, 0.2) is 0 Å². The van der Waals surface area contributed by atoms with Crippen molar-refractivity contribution in [2.75, 3.05) is 11.3 Å². The van der Waals surface area contributed by atoms with Crippen LogP contribution in [-0.4, -0.2) is 30.2 Å². The topological polar surface area (TPSA) is 97.0 Å². The Kier molecular flexibility index (Phi) is 3.73. The molecule has 98 valence electrons. The lowest BCUT2D eigenvalue weighted by Gasteiger charge is -2.00. The maximum absolute atomic E-state index is 11.9. The van der Waals surface area contributed by atoms with Crippen molar-refractivity contribution in [2.45, 2.75) is 11.1 Å². The molecule has 2 N–H and O–H groups in total. The Balaban J connectivity index is 2.17. The number of sulfonamides is 1. The predicted octanol–water partition coefficient (Wildman–Crippen LogP) is 1.72. The summed E-state index contributed by atoms with van der Waals surface area (Å²) in [6, 6.07) is 3.00. The van der Waals surface area contributed by atoms with Gasteiger partial charge in [-0.25, -0.2) is 18.2 Å². The Morgan fingerprint density at radius 3 is 2.94 bits per heavy atom. The third kappa shape index (κ3) is 2.92. The molecule has 0 aliphatic rings. The van der Waals surface area contributed by atoms with Gasteiger partial charge in [-0.2, -0.15) is 4.98 Å². The molecule has 0 saturated carbocycles. The molecule has 2 heterocycles. The van der Waals surface area contributed by atoms with E-state index in [2.05, 4.69) is 19.9 Å². The van der Waals surface area contributed by atoms with Gasteiger partial charge in [-0.05, 0) is 19.1 Å². The van der Waals surface area contributed by atoms with Crippen molar-refractivity contribution in [1.29, 1.82) is 0 Å². The van der Waals surface area contributed by atoms with Crippen LogP contribution < -0.4 is 9.46 Å². The maximum atomic E-state index is 11.9. The fourth-order valence-electron chi connectivity index (χ4n) is 1.11. The number of rotatable bonds is 5. The minimum Gasteiger partial charge on any atom is -0.463 e. The summed E-state index contributed by atoms with van der Waals surface area (Å²) < 4.78 is 31.5. The molecule has 2 aromatic heterocycles. The predicted molar refractivity (Wildman–Crippen MR) is 67.7 cm³/mol. The van der Waals surface area contributed by atoms with Crippen LogP contribution in [0.3, 0.4) is 0 Å². The first-order chi connectivity index (χ1) is 8.51. The number of aromatic nitrogens is 3. The number of halogens is 1. The number of aromatic amines is 1. The van der Waals surface area contributed by atoms with Crippen molar-refractivity contribution >= 4 is 38.9 Å². The van der Waals surface area contributed by atoms with Crippen LogP contribution in [0.25, 0.3) is 0 Å². The van der Waals surface area contributed by atoms with Gasteiger partial charge in [-0.3, -0.25) is 0 Å². The number of hydrogen-bond donors (Lipinski definition) is 2. The Labute approximate surface area is 112 Å². The van der Waals surface area contributed by atoms with Gasteiger partial charge in [-0.15, -0.1) is 16.4 Å². The van der Waals surface area contributed by atoms with Gasteiger partial charge in [0.2, 0.25) is 5.95 Å². The van der Waals surface area contributed by atoms with Gasteiger partial charge in [0.1, 0.15) is 4.21 Å². The Bertz CT molecular complexity index is 636. The van der Waals surface area contributed by atoms with Crippen LogP contribution in [-0.2, 0) is 10.0 Å². The summed E-state index contributed by atoms with van der Waals surface area (Å²) in [6.07, 6.45) is 0. The number of thiophene rings is 1. The lowest BCUT2D eigenvalue weighted by Crippen LogP contribution is -2.12. The summed E-state index contributed by atoms with van der Waals surface area (Å²) in [5, 5.41) is 6.10. The minimum atomic E-state index is -3.70. The molecule has 10 heteroatoms. The van der Waals surface area contributed by atoms with E-state index in [1.807, 2.05) is 0 Å². The van der Waals surface area contributed by atoms with E-state index in [1.165, 1.54) is 12.1 Å². The van der Waals surface area contributed by atoms with Crippen LogP contribution in [0, 0.1) is 0 Å². The number of nitrogens with zero attached hydrogens (tertiary/aromatic N) is 2. The van der Waals surface area contributed by atoms with Crippen LogP contribution in [0.4, 0.5) is 5.95 Å². The molecule has 7 nitrogen and oxygen atoms in total. The SMILES string of the molecule is CCOc1n[nH]c(NS(=O)(=O)c2ccc(Cl)s2)n1. The van der Waals surface area contributed by atoms with E-state index in [4.69, 9.17) is 16.3 Å². The molecule has 0 aliphatic heterocycles. The first-order valence-corrected chi connectivity index (χ1v) is 7.52. The first-order valence-electron chi connectivity index (χ1n) is 4.84. The lowest BCUT2D eigenvalue weighted by molar-refractivity contribution is 0.314. The van der Waals surface area contributed by atoms with Crippen molar-refractivity contribution < 1.29 is 13.2 Å². The Morgan fingerprint density at radius 1 is 1.56 bits per heavy atom. The smallest absolute Gasteiger partial charge is 0.337 e. The van der Waals surface area contributed by atoms with Gasteiger partial charge < -0.3 is 4.74 Å². The van der Waals surface area contributed by atoms with Crippen molar-refractivity contribution in [1.82, 2.24) is 15.2 Å². The van der Waals surface area contributed by atoms with Crippen LogP contribution in [0.2, 0.25) is 4.34 Å². The average Bonchev–Trinajstić information content (AvgIpc) is 2.88. The summed E-state index contributed by atoms with van der Waals surface area (Å²) in [4.78, 5) is 3.81. The van der Waals surface area contributed by atoms with Crippen molar-refractivity contribution in [3.63, 3.8) is 0 Å². The number of ether oxygens (including phenoxy) is 1. The summed E-state index contributed by atoms with van der Waals surface area (Å²) in [7, 11) is -3.70. The Hall–Kier alpha value is -1.32. The lowest BCUT2D eigenvalue weighted by atomic mass is 10.7. The molecule has 0 atom stereocenters. The number of nitrogens with one attached hydrogen (secondary N) is 2. The molecule has 2 aromatic rings. The second kappa shape index (κ2) is 5.12. The van der Waals surface area contributed by atoms with Crippen molar-refractivity contribution in [3.8, 4) is 6.01 Å². The molecular formula is C8H9ClN4O3S2. The van der Waals surface area contributed by atoms with Crippen molar-refractivity contribution in [2.24, 2.45) is 0 Å². The van der Waals surface area contributed by atoms with Gasteiger partial charge >= 0.3 is 6.01 Å². The first kappa shape index (κ1) is 13.1. The van der Waals surface area contributed by atoms with Gasteiger partial charge in [0.05, 0.1) is 10.9 Å². The highest BCUT2D eigenvalue weighted by Crippen LogP contribution is 2.26. The molecule has 0 aliphatic carbocycles. The second-order valence-electron chi connectivity index (χ2n) is 3.06. The quantitative estimate of drug-likeness (QED) is 0.876. The normalized spacial score (nSPS) is 11.4. The van der Waals surface area contributed by atoms with Crippen LogP contribution in [0.15, 0.2) is 16.3 Å². The molecule has 0 saturated heterocycles. The molecule has 0 aromatic carbocycles. The fraction of sp³-hybridized carbons (Fsp3) is 0.250. The monoisotopic (exact) mass is 308 g/mol.